The van der Waals surface area contributed by atoms with Crippen molar-refractivity contribution in [2.24, 2.45) is 10.9 Å². The summed E-state index contributed by atoms with van der Waals surface area (Å²) >= 11 is 0. The lowest BCUT2D eigenvalue weighted by Gasteiger charge is -2.31. The Morgan fingerprint density at radius 3 is 2.69 bits per heavy atom. The summed E-state index contributed by atoms with van der Waals surface area (Å²) in [6, 6.07) is 7.16. The summed E-state index contributed by atoms with van der Waals surface area (Å²) in [5.41, 5.74) is 0.676. The smallest absolute Gasteiger partial charge is 0.243 e. The van der Waals surface area contributed by atoms with Crippen molar-refractivity contribution in [3.63, 3.8) is 0 Å². The van der Waals surface area contributed by atoms with Crippen LogP contribution in [-0.2, 0) is 11.2 Å². The van der Waals surface area contributed by atoms with Gasteiger partial charge in [0.15, 0.2) is 5.96 Å². The highest BCUT2D eigenvalue weighted by Gasteiger charge is 2.22. The molecular formula is C20H31FN4O. The highest BCUT2D eigenvalue weighted by molar-refractivity contribution is 5.85. The molecule has 26 heavy (non-hydrogen) atoms. The molecule has 0 aromatic heterocycles. The summed E-state index contributed by atoms with van der Waals surface area (Å²) in [5.74, 6) is 0.975. The molecule has 0 aliphatic heterocycles. The van der Waals surface area contributed by atoms with Crippen LogP contribution in [0.1, 0.15) is 38.2 Å². The molecule has 1 aromatic rings. The average molecular weight is 362 g/mol. The van der Waals surface area contributed by atoms with Crippen molar-refractivity contribution in [2.75, 3.05) is 27.2 Å². The van der Waals surface area contributed by atoms with E-state index in [-0.39, 0.29) is 18.3 Å². The van der Waals surface area contributed by atoms with E-state index >= 15 is 0 Å². The monoisotopic (exact) mass is 362 g/mol. The number of carbonyl (C=O) groups excluding carboxylic acids is 1. The first-order chi connectivity index (χ1) is 12.5. The van der Waals surface area contributed by atoms with Crippen LogP contribution in [-0.4, -0.2) is 50.0 Å². The number of hydrogen-bond acceptors (Lipinski definition) is 2. The van der Waals surface area contributed by atoms with E-state index < -0.39 is 0 Å². The number of halogens is 1. The van der Waals surface area contributed by atoms with Crippen LogP contribution in [0.15, 0.2) is 29.3 Å². The first-order valence-electron chi connectivity index (χ1n) is 9.45. The number of aliphatic imine (C=N–C) groups is 1. The second kappa shape index (κ2) is 10.1. The maximum Gasteiger partial charge on any atom is 0.243 e. The lowest BCUT2D eigenvalue weighted by Crippen LogP contribution is -2.48. The van der Waals surface area contributed by atoms with Crippen molar-refractivity contribution in [3.8, 4) is 0 Å². The highest BCUT2D eigenvalue weighted by atomic mass is 19.1. The predicted molar refractivity (Wildman–Crippen MR) is 104 cm³/mol. The molecular weight excluding hydrogens is 331 g/mol. The number of nitrogens with one attached hydrogen (secondary N) is 2. The van der Waals surface area contributed by atoms with Gasteiger partial charge < -0.3 is 15.5 Å². The summed E-state index contributed by atoms with van der Waals surface area (Å²) < 4.78 is 13.8. The number of rotatable bonds is 6. The van der Waals surface area contributed by atoms with Gasteiger partial charge in [-0.25, -0.2) is 9.38 Å². The molecule has 2 N–H and O–H groups in total. The van der Waals surface area contributed by atoms with Crippen molar-refractivity contribution in [2.45, 2.75) is 45.1 Å². The molecule has 2 atom stereocenters. The molecule has 0 bridgehead atoms. The number of benzene rings is 1. The molecule has 0 spiro atoms. The van der Waals surface area contributed by atoms with Gasteiger partial charge in [0, 0.05) is 26.7 Å². The lowest BCUT2D eigenvalue weighted by atomic mass is 9.86. The van der Waals surface area contributed by atoms with Crippen LogP contribution in [0.25, 0.3) is 0 Å². The number of likely N-dealkylation sites (N-methyl/N-ethyl adjacent to an activating group) is 1. The Morgan fingerprint density at radius 2 is 2.00 bits per heavy atom. The fourth-order valence-corrected chi connectivity index (χ4v) is 3.16. The quantitative estimate of drug-likeness (QED) is 0.604. The van der Waals surface area contributed by atoms with Crippen LogP contribution < -0.4 is 10.6 Å². The molecule has 0 heterocycles. The first kappa shape index (κ1) is 20.2. The van der Waals surface area contributed by atoms with Crippen molar-refractivity contribution in [3.05, 3.63) is 35.6 Å². The van der Waals surface area contributed by atoms with E-state index in [1.807, 2.05) is 6.07 Å². The van der Waals surface area contributed by atoms with Crippen LogP contribution in [0.4, 0.5) is 4.39 Å². The Kier molecular flexibility index (Phi) is 7.88. The molecule has 6 heteroatoms. The van der Waals surface area contributed by atoms with E-state index in [0.29, 0.717) is 36.4 Å². The highest BCUT2D eigenvalue weighted by Crippen LogP contribution is 2.23. The summed E-state index contributed by atoms with van der Waals surface area (Å²) in [6.07, 6.45) is 5.36. The Labute approximate surface area is 156 Å². The molecule has 144 valence electrons. The maximum absolute atomic E-state index is 13.8. The van der Waals surface area contributed by atoms with E-state index in [1.165, 1.54) is 30.2 Å². The van der Waals surface area contributed by atoms with Gasteiger partial charge in [-0.3, -0.25) is 4.79 Å². The van der Waals surface area contributed by atoms with Gasteiger partial charge in [-0.1, -0.05) is 38.0 Å². The third-order valence-corrected chi connectivity index (χ3v) is 4.95. The number of nitrogens with zero attached hydrogens (tertiary/aromatic N) is 2. The minimum Gasteiger partial charge on any atom is -0.356 e. The van der Waals surface area contributed by atoms with Gasteiger partial charge in [0.25, 0.3) is 0 Å². The number of carbonyl (C=O) groups is 1. The molecule has 2 unspecified atom stereocenters. The molecule has 2 rings (SSSR count). The van der Waals surface area contributed by atoms with Gasteiger partial charge in [0.2, 0.25) is 5.91 Å². The molecule has 0 radical (unpaired) electrons. The molecule has 1 fully saturated rings. The molecule has 1 aliphatic rings. The molecule has 5 nitrogen and oxygen atoms in total. The SMILES string of the molecule is CC1CCCCC1NC(=NCC(=O)N(C)C)NCCc1ccccc1F. The van der Waals surface area contributed by atoms with Crippen LogP contribution >= 0.6 is 0 Å². The summed E-state index contributed by atoms with van der Waals surface area (Å²) in [7, 11) is 3.44. The standard InChI is InChI=1S/C20H31FN4O/c1-15-8-4-7-11-18(15)24-20(23-14-19(26)25(2)3)22-13-12-16-9-5-6-10-17(16)21/h5-6,9-10,15,18H,4,7-8,11-14H2,1-3H3,(H2,22,23,24). The third kappa shape index (κ3) is 6.32. The van der Waals surface area contributed by atoms with E-state index in [1.54, 1.807) is 26.2 Å². The number of guanidine groups is 1. The van der Waals surface area contributed by atoms with Gasteiger partial charge in [-0.15, -0.1) is 0 Å². The molecule has 1 saturated carbocycles. The lowest BCUT2D eigenvalue weighted by molar-refractivity contribution is -0.127. The number of amides is 1. The van der Waals surface area contributed by atoms with E-state index in [9.17, 15) is 9.18 Å². The zero-order valence-electron chi connectivity index (χ0n) is 16.1. The second-order valence-electron chi connectivity index (χ2n) is 7.23. The first-order valence-corrected chi connectivity index (χ1v) is 9.45. The topological polar surface area (TPSA) is 56.7 Å². The molecule has 1 aromatic carbocycles. The Morgan fingerprint density at radius 1 is 1.27 bits per heavy atom. The molecule has 1 amide bonds. The van der Waals surface area contributed by atoms with Gasteiger partial charge in [0.05, 0.1) is 0 Å². The van der Waals surface area contributed by atoms with Crippen molar-refractivity contribution >= 4 is 11.9 Å². The van der Waals surface area contributed by atoms with Crippen LogP contribution in [0.3, 0.4) is 0 Å². The Hall–Kier alpha value is -2.11. The predicted octanol–water partition coefficient (Wildman–Crippen LogP) is 2.57. The van der Waals surface area contributed by atoms with Crippen LogP contribution in [0, 0.1) is 11.7 Å². The third-order valence-electron chi connectivity index (χ3n) is 4.95. The Balaban J connectivity index is 1.96. The van der Waals surface area contributed by atoms with Crippen molar-refractivity contribution in [1.82, 2.24) is 15.5 Å². The van der Waals surface area contributed by atoms with E-state index in [0.717, 1.165) is 6.42 Å². The maximum atomic E-state index is 13.8. The zero-order chi connectivity index (χ0) is 18.9. The van der Waals surface area contributed by atoms with Crippen molar-refractivity contribution < 1.29 is 9.18 Å². The zero-order valence-corrected chi connectivity index (χ0v) is 16.1. The fourth-order valence-electron chi connectivity index (χ4n) is 3.16. The van der Waals surface area contributed by atoms with E-state index in [2.05, 4.69) is 22.5 Å². The minimum atomic E-state index is -0.190. The Bertz CT molecular complexity index is 618. The molecule has 0 saturated heterocycles. The van der Waals surface area contributed by atoms with Gasteiger partial charge in [-0.2, -0.15) is 0 Å². The largest absolute Gasteiger partial charge is 0.356 e. The van der Waals surface area contributed by atoms with Crippen molar-refractivity contribution in [1.29, 1.82) is 0 Å². The van der Waals surface area contributed by atoms with Crippen LogP contribution in [0.2, 0.25) is 0 Å². The second-order valence-corrected chi connectivity index (χ2v) is 7.23. The van der Waals surface area contributed by atoms with Gasteiger partial charge in [-0.05, 0) is 36.8 Å². The summed E-state index contributed by atoms with van der Waals surface area (Å²) in [4.78, 5) is 17.8. The molecule has 1 aliphatic carbocycles. The van der Waals surface area contributed by atoms with Gasteiger partial charge >= 0.3 is 0 Å². The summed E-state index contributed by atoms with van der Waals surface area (Å²) in [6.45, 7) is 2.91. The fraction of sp³-hybridized carbons (Fsp3) is 0.600. The average Bonchev–Trinajstić information content (AvgIpc) is 2.62. The number of hydrogen-bond donors (Lipinski definition) is 2. The van der Waals surface area contributed by atoms with E-state index in [4.69, 9.17) is 0 Å². The van der Waals surface area contributed by atoms with Gasteiger partial charge in [0.1, 0.15) is 12.4 Å². The normalized spacial score (nSPS) is 20.5. The summed E-state index contributed by atoms with van der Waals surface area (Å²) in [5, 5.41) is 6.73. The minimum absolute atomic E-state index is 0.0445. The van der Waals surface area contributed by atoms with Crippen LogP contribution in [0.5, 0.6) is 0 Å².